The van der Waals surface area contributed by atoms with Crippen LogP contribution in [0.3, 0.4) is 0 Å². The number of carboxylic acids is 1. The van der Waals surface area contributed by atoms with Gasteiger partial charge in [-0.05, 0) is 40.0 Å². The summed E-state index contributed by atoms with van der Waals surface area (Å²) in [6.07, 6.45) is 1.60. The number of rotatable bonds is 7. The average Bonchev–Trinajstić information content (AvgIpc) is 2.81. The molecular formula is C16H22N4O3. The van der Waals surface area contributed by atoms with E-state index in [1.54, 1.807) is 30.3 Å². The predicted octanol–water partition coefficient (Wildman–Crippen LogP) is 2.08. The summed E-state index contributed by atoms with van der Waals surface area (Å²) in [6, 6.07) is 2.61. The van der Waals surface area contributed by atoms with Gasteiger partial charge in [-0.3, -0.25) is 14.8 Å². The van der Waals surface area contributed by atoms with Crippen LogP contribution in [0.5, 0.6) is 5.88 Å². The maximum Gasteiger partial charge on any atom is 0.325 e. The maximum absolute atomic E-state index is 11.8. The Labute approximate surface area is 135 Å². The molecule has 7 nitrogen and oxygen atoms in total. The molecule has 0 fully saturated rings. The van der Waals surface area contributed by atoms with Crippen LogP contribution in [0, 0.1) is 13.8 Å². The van der Waals surface area contributed by atoms with Gasteiger partial charge in [-0.2, -0.15) is 5.10 Å². The first-order valence-corrected chi connectivity index (χ1v) is 7.46. The van der Waals surface area contributed by atoms with E-state index >= 15 is 0 Å². The first-order valence-electron chi connectivity index (χ1n) is 7.46. The molecule has 0 aromatic carbocycles. The van der Waals surface area contributed by atoms with Gasteiger partial charge in [0.05, 0.1) is 12.3 Å². The van der Waals surface area contributed by atoms with Crippen molar-refractivity contribution in [2.75, 3.05) is 13.7 Å². The van der Waals surface area contributed by atoms with Gasteiger partial charge in [0.2, 0.25) is 5.88 Å². The van der Waals surface area contributed by atoms with E-state index in [4.69, 9.17) is 4.74 Å². The number of nitrogens with one attached hydrogen (secondary N) is 1. The fourth-order valence-electron chi connectivity index (χ4n) is 2.58. The second-order valence-corrected chi connectivity index (χ2v) is 5.40. The van der Waals surface area contributed by atoms with E-state index in [-0.39, 0.29) is 0 Å². The van der Waals surface area contributed by atoms with E-state index in [1.807, 2.05) is 20.8 Å². The van der Waals surface area contributed by atoms with Crippen LogP contribution in [0.4, 0.5) is 0 Å². The van der Waals surface area contributed by atoms with Gasteiger partial charge in [-0.15, -0.1) is 0 Å². The molecule has 2 aromatic rings. The van der Waals surface area contributed by atoms with Gasteiger partial charge < -0.3 is 9.84 Å². The van der Waals surface area contributed by atoms with Crippen LogP contribution >= 0.6 is 0 Å². The molecule has 0 spiro atoms. The number of hydrogen-bond acceptors (Lipinski definition) is 5. The van der Waals surface area contributed by atoms with E-state index < -0.39 is 12.0 Å². The van der Waals surface area contributed by atoms with Crippen LogP contribution in [-0.2, 0) is 11.3 Å². The van der Waals surface area contributed by atoms with E-state index in [2.05, 4.69) is 15.2 Å². The van der Waals surface area contributed by atoms with Crippen molar-refractivity contribution < 1.29 is 14.6 Å². The molecule has 2 N–H and O–H groups in total. The lowest BCUT2D eigenvalue weighted by Crippen LogP contribution is -2.31. The molecule has 0 saturated carbocycles. The summed E-state index contributed by atoms with van der Waals surface area (Å²) in [5, 5.41) is 16.8. The molecule has 1 atom stereocenters. The highest BCUT2D eigenvalue weighted by molar-refractivity contribution is 5.76. The Morgan fingerprint density at radius 2 is 2.22 bits per heavy atom. The molecule has 2 aromatic heterocycles. The topological polar surface area (TPSA) is 91.3 Å². The number of aromatic amines is 1. The zero-order valence-electron chi connectivity index (χ0n) is 13.8. The summed E-state index contributed by atoms with van der Waals surface area (Å²) in [5.41, 5.74) is 3.35. The Balaban J connectivity index is 2.33. The minimum Gasteiger partial charge on any atom is -0.480 e. The first-order chi connectivity index (χ1) is 11.0. The number of hydrogen-bond donors (Lipinski definition) is 2. The molecule has 0 aliphatic rings. The van der Waals surface area contributed by atoms with Gasteiger partial charge in [-0.25, -0.2) is 4.98 Å². The lowest BCUT2D eigenvalue weighted by Gasteiger charge is -2.26. The largest absolute Gasteiger partial charge is 0.480 e. The van der Waals surface area contributed by atoms with Crippen LogP contribution in [0.2, 0.25) is 0 Å². The van der Waals surface area contributed by atoms with E-state index in [0.29, 0.717) is 24.6 Å². The van der Waals surface area contributed by atoms with Crippen molar-refractivity contribution in [2.24, 2.45) is 0 Å². The van der Waals surface area contributed by atoms with Crippen molar-refractivity contribution in [1.82, 2.24) is 20.1 Å². The van der Waals surface area contributed by atoms with Crippen molar-refractivity contribution >= 4 is 5.97 Å². The third-order valence-corrected chi connectivity index (χ3v) is 3.74. The van der Waals surface area contributed by atoms with Gasteiger partial charge in [-0.1, -0.05) is 0 Å². The lowest BCUT2D eigenvalue weighted by atomic mass is 10.1. The quantitative estimate of drug-likeness (QED) is 0.812. The van der Waals surface area contributed by atoms with Gasteiger partial charge in [0.1, 0.15) is 6.04 Å². The van der Waals surface area contributed by atoms with Gasteiger partial charge in [0, 0.05) is 29.6 Å². The third kappa shape index (κ3) is 3.68. The molecule has 1 unspecified atom stereocenters. The summed E-state index contributed by atoms with van der Waals surface area (Å²) in [7, 11) is 1.77. The Hall–Kier alpha value is -2.41. The zero-order chi connectivity index (χ0) is 17.0. The zero-order valence-corrected chi connectivity index (χ0v) is 13.8. The van der Waals surface area contributed by atoms with E-state index in [9.17, 15) is 9.90 Å². The molecule has 0 bridgehead atoms. The molecular weight excluding hydrogens is 296 g/mol. The van der Waals surface area contributed by atoms with Crippen LogP contribution < -0.4 is 4.74 Å². The SMILES string of the molecule is CCOc1ncccc1C(C(=O)O)N(C)Cc1c(C)n[nH]c1C. The summed E-state index contributed by atoms with van der Waals surface area (Å²) in [6.45, 7) is 6.56. The monoisotopic (exact) mass is 318 g/mol. The van der Waals surface area contributed by atoms with Crippen LogP contribution in [0.1, 0.15) is 35.5 Å². The van der Waals surface area contributed by atoms with E-state index in [1.165, 1.54) is 0 Å². The number of H-pyrrole nitrogens is 1. The number of aromatic nitrogens is 3. The highest BCUT2D eigenvalue weighted by atomic mass is 16.5. The molecule has 0 amide bonds. The van der Waals surface area contributed by atoms with Gasteiger partial charge >= 0.3 is 5.97 Å². The third-order valence-electron chi connectivity index (χ3n) is 3.74. The van der Waals surface area contributed by atoms with Crippen molar-refractivity contribution in [3.8, 4) is 5.88 Å². The molecule has 0 aliphatic heterocycles. The first kappa shape index (κ1) is 17.0. The van der Waals surface area contributed by atoms with Crippen molar-refractivity contribution in [3.63, 3.8) is 0 Å². The number of carboxylic acid groups (broad SMARTS) is 1. The minimum absolute atomic E-state index is 0.356. The number of nitrogens with zero attached hydrogens (tertiary/aromatic N) is 3. The average molecular weight is 318 g/mol. The Bertz CT molecular complexity index is 664. The maximum atomic E-state index is 11.8. The van der Waals surface area contributed by atoms with Crippen LogP contribution in [-0.4, -0.2) is 44.8 Å². The number of carbonyl (C=O) groups is 1. The fraction of sp³-hybridized carbons (Fsp3) is 0.438. The molecule has 23 heavy (non-hydrogen) atoms. The molecule has 2 heterocycles. The van der Waals surface area contributed by atoms with E-state index in [0.717, 1.165) is 17.0 Å². The predicted molar refractivity (Wildman–Crippen MR) is 85.3 cm³/mol. The van der Waals surface area contributed by atoms with Gasteiger partial charge in [0.25, 0.3) is 0 Å². The summed E-state index contributed by atoms with van der Waals surface area (Å²) in [4.78, 5) is 17.8. The van der Waals surface area contributed by atoms with Crippen molar-refractivity contribution in [3.05, 3.63) is 40.8 Å². The second kappa shape index (κ2) is 7.23. The second-order valence-electron chi connectivity index (χ2n) is 5.40. The molecule has 0 aliphatic carbocycles. The molecule has 0 saturated heterocycles. The highest BCUT2D eigenvalue weighted by Gasteiger charge is 2.29. The minimum atomic E-state index is -0.944. The molecule has 124 valence electrons. The number of likely N-dealkylation sites (N-methyl/N-ethyl adjacent to an activating group) is 1. The highest BCUT2D eigenvalue weighted by Crippen LogP contribution is 2.29. The Morgan fingerprint density at radius 1 is 1.48 bits per heavy atom. The number of ether oxygens (including phenoxy) is 1. The summed E-state index contributed by atoms with van der Waals surface area (Å²) >= 11 is 0. The summed E-state index contributed by atoms with van der Waals surface area (Å²) < 4.78 is 5.48. The smallest absolute Gasteiger partial charge is 0.325 e. The number of aliphatic carboxylic acids is 1. The Morgan fingerprint density at radius 3 is 2.78 bits per heavy atom. The molecule has 0 radical (unpaired) electrons. The van der Waals surface area contributed by atoms with Crippen LogP contribution in [0.15, 0.2) is 18.3 Å². The number of pyridine rings is 1. The van der Waals surface area contributed by atoms with Gasteiger partial charge in [0.15, 0.2) is 0 Å². The summed E-state index contributed by atoms with van der Waals surface area (Å²) in [5.74, 6) is -0.588. The molecule has 2 rings (SSSR count). The van der Waals surface area contributed by atoms with Crippen molar-refractivity contribution in [2.45, 2.75) is 33.4 Å². The normalized spacial score (nSPS) is 12.4. The van der Waals surface area contributed by atoms with Crippen LogP contribution in [0.25, 0.3) is 0 Å². The fourth-order valence-corrected chi connectivity index (χ4v) is 2.58. The Kier molecular flexibility index (Phi) is 5.33. The lowest BCUT2D eigenvalue weighted by molar-refractivity contribution is -0.143. The number of aryl methyl sites for hydroxylation is 2. The molecule has 7 heteroatoms. The van der Waals surface area contributed by atoms with Crippen molar-refractivity contribution in [1.29, 1.82) is 0 Å². The standard InChI is InChI=1S/C16H22N4O3/c1-5-23-15-12(7-6-8-17-15)14(16(21)22)20(4)9-13-10(2)18-19-11(13)3/h6-8,14H,5,9H2,1-4H3,(H,18,19)(H,21,22).